The van der Waals surface area contributed by atoms with Crippen molar-refractivity contribution in [2.75, 3.05) is 0 Å². The molecule has 36 heavy (non-hydrogen) atoms. The van der Waals surface area contributed by atoms with Crippen LogP contribution in [0.15, 0.2) is 59.0 Å². The molecule has 0 aliphatic heterocycles. The Bertz CT molecular complexity index is 1340. The van der Waals surface area contributed by atoms with Crippen LogP contribution in [0.1, 0.15) is 89.2 Å². The second-order valence-electron chi connectivity index (χ2n) is 10.1. The zero-order chi connectivity index (χ0) is 25.3. The predicted octanol–water partition coefficient (Wildman–Crippen LogP) is 11.1. The number of aryl methyl sites for hydroxylation is 2. The van der Waals surface area contributed by atoms with E-state index in [1.54, 1.807) is 0 Å². The van der Waals surface area contributed by atoms with Gasteiger partial charge in [-0.15, -0.1) is 0 Å². The summed E-state index contributed by atoms with van der Waals surface area (Å²) in [7, 11) is 0. The molecule has 1 heterocycles. The summed E-state index contributed by atoms with van der Waals surface area (Å²) in [6, 6.07) is 19.0. The lowest BCUT2D eigenvalue weighted by Gasteiger charge is -2.10. The van der Waals surface area contributed by atoms with Crippen molar-refractivity contribution in [2.45, 2.75) is 90.9 Å². The van der Waals surface area contributed by atoms with Gasteiger partial charge in [-0.25, -0.2) is 4.39 Å². The zero-order valence-electron chi connectivity index (χ0n) is 21.9. The Morgan fingerprint density at radius 3 is 1.94 bits per heavy atom. The molecule has 1 aromatic heterocycles. The fraction of sp³-hybridized carbons (Fsp3) is 0.424. The first-order valence-electron chi connectivity index (χ1n) is 13.9. The van der Waals surface area contributed by atoms with Gasteiger partial charge in [-0.3, -0.25) is 0 Å². The van der Waals surface area contributed by atoms with E-state index in [2.05, 4.69) is 56.3 Å². The number of hydrogen-bond donors (Lipinski definition) is 0. The summed E-state index contributed by atoms with van der Waals surface area (Å²) in [5.41, 5.74) is 4.65. The quantitative estimate of drug-likeness (QED) is 0.102. The molecule has 0 bridgehead atoms. The van der Waals surface area contributed by atoms with E-state index in [0.29, 0.717) is 4.71 Å². The molecule has 0 spiro atoms. The minimum absolute atomic E-state index is 0.259. The van der Waals surface area contributed by atoms with Crippen LogP contribution in [-0.4, -0.2) is 0 Å². The lowest BCUT2D eigenvalue weighted by molar-refractivity contribution is 0.535. The van der Waals surface area contributed by atoms with Crippen molar-refractivity contribution in [2.24, 2.45) is 0 Å². The molecule has 0 aliphatic rings. The second kappa shape index (κ2) is 13.1. The monoisotopic (exact) mass is 502 g/mol. The van der Waals surface area contributed by atoms with Gasteiger partial charge in [0.1, 0.15) is 0 Å². The molecule has 1 nitrogen and oxygen atoms in total. The van der Waals surface area contributed by atoms with Gasteiger partial charge in [-0.2, -0.15) is 0 Å². The number of benzene rings is 3. The van der Waals surface area contributed by atoms with E-state index in [9.17, 15) is 0 Å². The first-order chi connectivity index (χ1) is 17.6. The molecule has 0 N–H and O–H groups in total. The molecule has 4 rings (SSSR count). The Balaban J connectivity index is 1.54. The van der Waals surface area contributed by atoms with Crippen molar-refractivity contribution >= 4 is 34.0 Å². The molecule has 0 aliphatic carbocycles. The maximum atomic E-state index is 15.3. The normalized spacial score (nSPS) is 11.5. The lowest BCUT2D eigenvalue weighted by Crippen LogP contribution is -1.94. The Kier molecular flexibility index (Phi) is 9.69. The molecule has 3 aromatic carbocycles. The van der Waals surface area contributed by atoms with Crippen molar-refractivity contribution in [3.05, 3.63) is 76.2 Å². The third-order valence-electron chi connectivity index (χ3n) is 7.31. The molecule has 190 valence electrons. The average Bonchev–Trinajstić information content (AvgIpc) is 2.90. The van der Waals surface area contributed by atoms with Crippen LogP contribution in [0, 0.1) is 10.5 Å². The summed E-state index contributed by atoms with van der Waals surface area (Å²) in [5, 5.41) is 2.60. The summed E-state index contributed by atoms with van der Waals surface area (Å²) in [6.45, 7) is 4.46. The number of unbranched alkanes of at least 4 members (excludes halogenated alkanes) is 8. The number of rotatable bonds is 13. The van der Waals surface area contributed by atoms with Crippen LogP contribution in [0.25, 0.3) is 32.9 Å². The highest BCUT2D eigenvalue weighted by Gasteiger charge is 2.14. The third kappa shape index (κ3) is 6.42. The lowest BCUT2D eigenvalue weighted by atomic mass is 9.97. The van der Waals surface area contributed by atoms with Gasteiger partial charge in [-0.05, 0) is 71.6 Å². The van der Waals surface area contributed by atoms with E-state index in [4.69, 9.17) is 16.6 Å². The maximum absolute atomic E-state index is 15.3. The second-order valence-corrected chi connectivity index (χ2v) is 10.5. The van der Waals surface area contributed by atoms with Crippen molar-refractivity contribution in [3.63, 3.8) is 0 Å². The van der Waals surface area contributed by atoms with Crippen LogP contribution in [0.3, 0.4) is 0 Å². The first-order valence-corrected chi connectivity index (χ1v) is 14.3. The topological polar surface area (TPSA) is 13.1 Å². The van der Waals surface area contributed by atoms with Crippen LogP contribution in [0.5, 0.6) is 0 Å². The van der Waals surface area contributed by atoms with Crippen molar-refractivity contribution in [3.8, 4) is 11.1 Å². The summed E-state index contributed by atoms with van der Waals surface area (Å²) in [5.74, 6) is -0.259. The average molecular weight is 503 g/mol. The summed E-state index contributed by atoms with van der Waals surface area (Å²) >= 11 is 5.59. The maximum Gasteiger partial charge on any atom is 0.198 e. The largest absolute Gasteiger partial charge is 0.441 e. The van der Waals surface area contributed by atoms with E-state index < -0.39 is 0 Å². The SMILES string of the molecule is CCCCCCCc1ccc(-c2ccc3c(c2)c(=S)oc2c(F)c(CCCCCCC)ccc23)cc1. The smallest absolute Gasteiger partial charge is 0.198 e. The van der Waals surface area contributed by atoms with Gasteiger partial charge in [0.25, 0.3) is 0 Å². The highest BCUT2D eigenvalue weighted by Crippen LogP contribution is 2.33. The first kappa shape index (κ1) is 26.5. The van der Waals surface area contributed by atoms with Gasteiger partial charge in [0.2, 0.25) is 0 Å². The molecule has 0 fully saturated rings. The van der Waals surface area contributed by atoms with Crippen molar-refractivity contribution < 1.29 is 8.81 Å². The summed E-state index contributed by atoms with van der Waals surface area (Å²) in [6.07, 6.45) is 14.2. The molecule has 0 saturated carbocycles. The van der Waals surface area contributed by atoms with Crippen LogP contribution in [0.2, 0.25) is 0 Å². The van der Waals surface area contributed by atoms with Gasteiger partial charge in [0, 0.05) is 10.8 Å². The molecule has 0 saturated heterocycles. The van der Waals surface area contributed by atoms with E-state index in [1.165, 1.54) is 56.9 Å². The Morgan fingerprint density at radius 2 is 1.25 bits per heavy atom. The van der Waals surface area contributed by atoms with Gasteiger partial charge < -0.3 is 4.42 Å². The number of fused-ring (bicyclic) bond motifs is 3. The Hall–Kier alpha value is -2.52. The highest BCUT2D eigenvalue weighted by molar-refractivity contribution is 7.71. The molecule has 4 aromatic rings. The zero-order valence-corrected chi connectivity index (χ0v) is 22.7. The highest BCUT2D eigenvalue weighted by atomic mass is 32.1. The molecule has 0 atom stereocenters. The standard InChI is InChI=1S/C33H39FOS/c1-3-5-7-9-11-13-24-15-17-25(18-16-24)27-20-21-28-29-22-19-26(14-12-10-8-6-4-2)31(34)32(29)35-33(36)30(28)23-27/h15-23H,3-14H2,1-2H3. The minimum atomic E-state index is -0.259. The van der Waals surface area contributed by atoms with Crippen LogP contribution in [-0.2, 0) is 12.8 Å². The molecule has 0 radical (unpaired) electrons. The van der Waals surface area contributed by atoms with E-state index in [1.807, 2.05) is 12.1 Å². The third-order valence-corrected chi connectivity index (χ3v) is 7.61. The van der Waals surface area contributed by atoms with Crippen LogP contribution >= 0.6 is 12.2 Å². The molecule has 0 amide bonds. The van der Waals surface area contributed by atoms with Gasteiger partial charge in [0.05, 0.1) is 0 Å². The summed E-state index contributed by atoms with van der Waals surface area (Å²) < 4.78 is 21.6. The van der Waals surface area contributed by atoms with Crippen molar-refractivity contribution in [1.82, 2.24) is 0 Å². The summed E-state index contributed by atoms with van der Waals surface area (Å²) in [4.78, 5) is 0. The molecular weight excluding hydrogens is 463 g/mol. The van der Waals surface area contributed by atoms with E-state index in [-0.39, 0.29) is 11.4 Å². The predicted molar refractivity (Wildman–Crippen MR) is 155 cm³/mol. The van der Waals surface area contributed by atoms with Gasteiger partial charge in [0.15, 0.2) is 16.1 Å². The van der Waals surface area contributed by atoms with E-state index in [0.717, 1.165) is 58.5 Å². The van der Waals surface area contributed by atoms with Crippen LogP contribution < -0.4 is 0 Å². The Morgan fingerprint density at radius 1 is 0.639 bits per heavy atom. The fourth-order valence-electron chi connectivity index (χ4n) is 5.09. The minimum Gasteiger partial charge on any atom is -0.441 e. The molecular formula is C33H39FOS. The number of halogens is 1. The van der Waals surface area contributed by atoms with Gasteiger partial charge >= 0.3 is 0 Å². The van der Waals surface area contributed by atoms with Gasteiger partial charge in [-0.1, -0.05) is 114 Å². The van der Waals surface area contributed by atoms with Crippen molar-refractivity contribution in [1.29, 1.82) is 0 Å². The fourth-order valence-corrected chi connectivity index (χ4v) is 5.34. The number of hydrogen-bond acceptors (Lipinski definition) is 2. The molecule has 0 unspecified atom stereocenters. The molecule has 3 heteroatoms. The Labute approximate surface area is 220 Å². The van der Waals surface area contributed by atoms with Crippen LogP contribution in [0.4, 0.5) is 4.39 Å². The van der Waals surface area contributed by atoms with E-state index >= 15 is 4.39 Å².